The lowest BCUT2D eigenvalue weighted by atomic mass is 10.1. The number of nitrogens with zero attached hydrogens (tertiary/aromatic N) is 1. The summed E-state index contributed by atoms with van der Waals surface area (Å²) >= 11 is 3.19. The lowest BCUT2D eigenvalue weighted by Crippen LogP contribution is -2.20. The van der Waals surface area contributed by atoms with Gasteiger partial charge >= 0.3 is 0 Å². The van der Waals surface area contributed by atoms with Crippen LogP contribution in [-0.2, 0) is 0 Å². The molecule has 1 aromatic carbocycles. The van der Waals surface area contributed by atoms with E-state index in [9.17, 15) is 10.2 Å². The van der Waals surface area contributed by atoms with Gasteiger partial charge in [0.1, 0.15) is 6.10 Å². The average molecular weight is 324 g/mol. The highest BCUT2D eigenvalue weighted by atomic mass is 79.9. The molecular weight excluding hydrogens is 306 g/mol. The molecule has 102 valence electrons. The van der Waals surface area contributed by atoms with Crippen molar-refractivity contribution in [1.29, 1.82) is 0 Å². The summed E-state index contributed by atoms with van der Waals surface area (Å²) in [5.74, 6) is 0. The van der Waals surface area contributed by atoms with Gasteiger partial charge in [-0.05, 0) is 32.0 Å². The zero-order valence-electron chi connectivity index (χ0n) is 11.0. The van der Waals surface area contributed by atoms with Gasteiger partial charge in [-0.2, -0.15) is 0 Å². The lowest BCUT2D eigenvalue weighted by Gasteiger charge is -2.16. The van der Waals surface area contributed by atoms with Gasteiger partial charge < -0.3 is 14.8 Å². The van der Waals surface area contributed by atoms with Gasteiger partial charge in [-0.15, -0.1) is 0 Å². The van der Waals surface area contributed by atoms with E-state index >= 15 is 0 Å². The number of aliphatic hydroxyl groups is 2. The molecule has 19 heavy (non-hydrogen) atoms. The Morgan fingerprint density at radius 3 is 2.37 bits per heavy atom. The normalized spacial score (nSPS) is 14.4. The third-order valence-electron chi connectivity index (χ3n) is 3.33. The van der Waals surface area contributed by atoms with Crippen molar-refractivity contribution in [3.8, 4) is 5.69 Å². The first-order chi connectivity index (χ1) is 9.06. The number of para-hydroxylation sites is 1. The molecule has 0 radical (unpaired) electrons. The highest BCUT2D eigenvalue weighted by molar-refractivity contribution is 9.09. The largest absolute Gasteiger partial charge is 0.389 e. The van der Waals surface area contributed by atoms with Crippen LogP contribution in [0.25, 0.3) is 5.69 Å². The molecular formula is C15H18BrNO2. The molecule has 2 aromatic rings. The third-order valence-corrected chi connectivity index (χ3v) is 3.99. The predicted molar refractivity (Wildman–Crippen MR) is 80.0 cm³/mol. The van der Waals surface area contributed by atoms with Gasteiger partial charge in [0, 0.05) is 28.0 Å². The summed E-state index contributed by atoms with van der Waals surface area (Å²) in [4.78, 5) is 0. The molecule has 3 nitrogen and oxygen atoms in total. The minimum atomic E-state index is -0.872. The molecule has 0 amide bonds. The van der Waals surface area contributed by atoms with Crippen LogP contribution in [0.5, 0.6) is 0 Å². The fraction of sp³-hybridized carbons (Fsp3) is 0.333. The SMILES string of the molecule is Cc1cc(C(O)C(O)CBr)c(C)n1-c1ccccc1. The number of aliphatic hydroxyl groups excluding tert-OH is 2. The van der Waals surface area contributed by atoms with Gasteiger partial charge in [0.25, 0.3) is 0 Å². The topological polar surface area (TPSA) is 45.4 Å². The second-order valence-electron chi connectivity index (χ2n) is 4.66. The van der Waals surface area contributed by atoms with Crippen molar-refractivity contribution in [1.82, 2.24) is 4.57 Å². The number of alkyl halides is 1. The Morgan fingerprint density at radius 1 is 1.16 bits per heavy atom. The second-order valence-corrected chi connectivity index (χ2v) is 5.31. The maximum absolute atomic E-state index is 10.2. The lowest BCUT2D eigenvalue weighted by molar-refractivity contribution is 0.0339. The quantitative estimate of drug-likeness (QED) is 0.850. The molecule has 0 aliphatic rings. The highest BCUT2D eigenvalue weighted by Crippen LogP contribution is 2.27. The van der Waals surface area contributed by atoms with Crippen molar-refractivity contribution in [2.75, 3.05) is 5.33 Å². The van der Waals surface area contributed by atoms with Crippen LogP contribution in [0.4, 0.5) is 0 Å². The predicted octanol–water partition coefficient (Wildman–Crippen LogP) is 2.88. The molecule has 2 N–H and O–H groups in total. The minimum absolute atomic E-state index is 0.350. The van der Waals surface area contributed by atoms with Crippen LogP contribution in [0.3, 0.4) is 0 Å². The van der Waals surface area contributed by atoms with E-state index in [2.05, 4.69) is 20.5 Å². The Hall–Kier alpha value is -1.10. The summed E-state index contributed by atoms with van der Waals surface area (Å²) < 4.78 is 2.08. The van der Waals surface area contributed by atoms with E-state index in [1.807, 2.05) is 50.2 Å². The van der Waals surface area contributed by atoms with E-state index in [1.54, 1.807) is 0 Å². The number of hydrogen-bond acceptors (Lipinski definition) is 2. The Labute approximate surface area is 121 Å². The Balaban J connectivity index is 2.46. The summed E-state index contributed by atoms with van der Waals surface area (Å²) in [5.41, 5.74) is 3.83. The number of hydrogen-bond donors (Lipinski definition) is 2. The molecule has 0 saturated carbocycles. The van der Waals surface area contributed by atoms with Crippen LogP contribution >= 0.6 is 15.9 Å². The van der Waals surface area contributed by atoms with Gasteiger partial charge in [-0.25, -0.2) is 0 Å². The number of halogens is 1. The van der Waals surface area contributed by atoms with Crippen molar-refractivity contribution in [3.63, 3.8) is 0 Å². The van der Waals surface area contributed by atoms with Crippen LogP contribution in [0.1, 0.15) is 23.1 Å². The first-order valence-corrected chi connectivity index (χ1v) is 7.34. The van der Waals surface area contributed by atoms with Crippen molar-refractivity contribution in [3.05, 3.63) is 53.3 Å². The first kappa shape index (κ1) is 14.3. The molecule has 0 aliphatic carbocycles. The zero-order valence-corrected chi connectivity index (χ0v) is 12.6. The Morgan fingerprint density at radius 2 is 1.79 bits per heavy atom. The molecule has 2 rings (SSSR count). The Bertz CT molecular complexity index is 551. The van der Waals surface area contributed by atoms with E-state index in [1.165, 1.54) is 0 Å². The highest BCUT2D eigenvalue weighted by Gasteiger charge is 2.22. The number of aromatic nitrogens is 1. The molecule has 2 unspecified atom stereocenters. The van der Waals surface area contributed by atoms with Gasteiger partial charge in [0.2, 0.25) is 0 Å². The van der Waals surface area contributed by atoms with Gasteiger partial charge in [0.05, 0.1) is 6.10 Å². The van der Waals surface area contributed by atoms with E-state index in [0.717, 1.165) is 22.6 Å². The smallest absolute Gasteiger partial charge is 0.107 e. The van der Waals surface area contributed by atoms with Crippen molar-refractivity contribution >= 4 is 15.9 Å². The standard InChI is InChI=1S/C15H18BrNO2/c1-10-8-13(15(19)14(18)9-16)11(2)17(10)12-6-4-3-5-7-12/h3-8,14-15,18-19H,9H2,1-2H3. The summed E-state index contributed by atoms with van der Waals surface area (Å²) in [6, 6.07) is 11.9. The van der Waals surface area contributed by atoms with Crippen LogP contribution in [0.15, 0.2) is 36.4 Å². The number of benzene rings is 1. The van der Waals surface area contributed by atoms with Crippen molar-refractivity contribution in [2.24, 2.45) is 0 Å². The van der Waals surface area contributed by atoms with Gasteiger partial charge in [-0.1, -0.05) is 34.1 Å². The summed E-state index contributed by atoms with van der Waals surface area (Å²) in [6.45, 7) is 3.95. The molecule has 1 aromatic heterocycles. The number of aryl methyl sites for hydroxylation is 1. The maximum Gasteiger partial charge on any atom is 0.107 e. The van der Waals surface area contributed by atoms with Gasteiger partial charge in [-0.3, -0.25) is 0 Å². The molecule has 0 fully saturated rings. The maximum atomic E-state index is 10.2. The second kappa shape index (κ2) is 5.90. The Kier molecular flexibility index (Phi) is 4.45. The monoisotopic (exact) mass is 323 g/mol. The van der Waals surface area contributed by atoms with E-state index in [-0.39, 0.29) is 0 Å². The average Bonchev–Trinajstić information content (AvgIpc) is 2.73. The molecule has 2 atom stereocenters. The first-order valence-electron chi connectivity index (χ1n) is 6.22. The van der Waals surface area contributed by atoms with Gasteiger partial charge in [0.15, 0.2) is 0 Å². The number of rotatable bonds is 4. The molecule has 0 aliphatic heterocycles. The summed E-state index contributed by atoms with van der Waals surface area (Å²) in [6.07, 6.45) is -1.67. The minimum Gasteiger partial charge on any atom is -0.389 e. The van der Waals surface area contributed by atoms with Crippen LogP contribution in [-0.4, -0.2) is 26.2 Å². The third kappa shape index (κ3) is 2.76. The van der Waals surface area contributed by atoms with E-state index < -0.39 is 12.2 Å². The fourth-order valence-electron chi connectivity index (χ4n) is 2.35. The van der Waals surface area contributed by atoms with Crippen LogP contribution < -0.4 is 0 Å². The summed E-state index contributed by atoms with van der Waals surface area (Å²) in [5, 5.41) is 20.3. The van der Waals surface area contributed by atoms with Crippen LogP contribution in [0.2, 0.25) is 0 Å². The molecule has 1 heterocycles. The fourth-order valence-corrected chi connectivity index (χ4v) is 2.71. The summed E-state index contributed by atoms with van der Waals surface area (Å²) in [7, 11) is 0. The van der Waals surface area contributed by atoms with Crippen molar-refractivity contribution in [2.45, 2.75) is 26.1 Å². The molecule has 0 spiro atoms. The molecule has 4 heteroatoms. The molecule has 0 bridgehead atoms. The van der Waals surface area contributed by atoms with Crippen molar-refractivity contribution < 1.29 is 10.2 Å². The van der Waals surface area contributed by atoms with Crippen LogP contribution in [0, 0.1) is 13.8 Å². The van der Waals surface area contributed by atoms with E-state index in [0.29, 0.717) is 5.33 Å². The van der Waals surface area contributed by atoms with E-state index in [4.69, 9.17) is 0 Å². The molecule has 0 saturated heterocycles. The zero-order chi connectivity index (χ0) is 14.0.